The van der Waals surface area contributed by atoms with Gasteiger partial charge in [0.1, 0.15) is 23.1 Å². The molecule has 3 aliphatic heterocycles. The number of hydrogen-bond donors (Lipinski definition) is 2. The lowest BCUT2D eigenvalue weighted by molar-refractivity contribution is -0.166. The zero-order valence-electron chi connectivity index (χ0n) is 27.3. The molecule has 1 spiro atoms. The Balaban J connectivity index is 1.04. The molecule has 0 aromatic heterocycles. The number of amides is 3. The van der Waals surface area contributed by atoms with Crippen LogP contribution in [0.5, 0.6) is 11.5 Å². The van der Waals surface area contributed by atoms with E-state index in [9.17, 15) is 19.5 Å². The molecule has 2 N–H and O–H groups in total. The number of benzene rings is 2. The molecule has 1 aliphatic carbocycles. The third-order valence-electron chi connectivity index (χ3n) is 10.7. The highest BCUT2D eigenvalue weighted by Gasteiger charge is 2.55. The van der Waals surface area contributed by atoms with Gasteiger partial charge < -0.3 is 25.0 Å². The van der Waals surface area contributed by atoms with Crippen LogP contribution in [-0.4, -0.2) is 87.9 Å². The van der Waals surface area contributed by atoms with Crippen molar-refractivity contribution in [2.75, 3.05) is 32.7 Å². The number of carbonyl (C=O) groups is 3. The zero-order valence-corrected chi connectivity index (χ0v) is 27.3. The largest absolute Gasteiger partial charge is 0.457 e. The van der Waals surface area contributed by atoms with E-state index in [0.29, 0.717) is 43.8 Å². The first-order valence-corrected chi connectivity index (χ1v) is 17.6. The average Bonchev–Trinajstić information content (AvgIpc) is 3.64. The monoisotopic (exact) mass is 630 g/mol. The van der Waals surface area contributed by atoms with Gasteiger partial charge in [0.15, 0.2) is 0 Å². The number of aliphatic hydroxyl groups excluding tert-OH is 1. The van der Waals surface area contributed by atoms with Crippen LogP contribution in [0.1, 0.15) is 93.5 Å². The summed E-state index contributed by atoms with van der Waals surface area (Å²) in [5.74, 6) is 1.36. The van der Waals surface area contributed by atoms with E-state index in [-0.39, 0.29) is 23.6 Å². The van der Waals surface area contributed by atoms with Gasteiger partial charge in [-0.05, 0) is 92.8 Å². The van der Waals surface area contributed by atoms with Crippen molar-refractivity contribution in [2.24, 2.45) is 5.92 Å². The van der Waals surface area contributed by atoms with E-state index < -0.39 is 17.7 Å². The maximum Gasteiger partial charge on any atom is 0.253 e. The van der Waals surface area contributed by atoms with Crippen LogP contribution in [0.2, 0.25) is 0 Å². The zero-order chi connectivity index (χ0) is 32.1. The van der Waals surface area contributed by atoms with Gasteiger partial charge in [-0.2, -0.15) is 0 Å². The number of carbonyl (C=O) groups excluding carboxylic acids is 3. The van der Waals surface area contributed by atoms with Crippen molar-refractivity contribution in [3.8, 4) is 11.5 Å². The van der Waals surface area contributed by atoms with Gasteiger partial charge in [0, 0.05) is 44.8 Å². The number of unbranched alkanes of at least 4 members (excludes halogenated alkanes) is 1. The molecule has 4 fully saturated rings. The van der Waals surface area contributed by atoms with Gasteiger partial charge in [-0.1, -0.05) is 44.7 Å². The second-order valence-corrected chi connectivity index (χ2v) is 13.8. The van der Waals surface area contributed by atoms with Gasteiger partial charge in [0.05, 0.1) is 6.10 Å². The van der Waals surface area contributed by atoms with Crippen molar-refractivity contribution >= 4 is 17.7 Å². The molecule has 3 amide bonds. The Bertz CT molecular complexity index is 1340. The standard InChI is InChI=1S/C37H50N4O5/c1-2-3-23-41-35(44)32(33(42)28-9-5-4-6-10-28)38-36(45)37(41)19-24-39(25-20-37)26-27-11-15-30(16-12-27)46-31-17-13-29(14-18-31)34(43)40-21-7-8-22-40/h11-18,28,32-33,42H,2-10,19-26H2,1H3,(H,38,45). The second-order valence-electron chi connectivity index (χ2n) is 13.8. The fraction of sp³-hybridized carbons (Fsp3) is 0.595. The molecule has 2 aromatic carbocycles. The summed E-state index contributed by atoms with van der Waals surface area (Å²) in [5, 5.41) is 14.2. The molecule has 0 bridgehead atoms. The van der Waals surface area contributed by atoms with Crippen molar-refractivity contribution in [3.63, 3.8) is 0 Å². The lowest BCUT2D eigenvalue weighted by Gasteiger charge is -2.52. The van der Waals surface area contributed by atoms with Crippen LogP contribution in [0.25, 0.3) is 0 Å². The number of piperidine rings is 1. The summed E-state index contributed by atoms with van der Waals surface area (Å²) < 4.78 is 6.05. The van der Waals surface area contributed by atoms with Gasteiger partial charge in [0.25, 0.3) is 5.91 Å². The Hall–Kier alpha value is -3.43. The van der Waals surface area contributed by atoms with Crippen molar-refractivity contribution in [1.82, 2.24) is 20.0 Å². The SMILES string of the molecule is CCCCN1C(=O)C(C(O)C2CCCCC2)NC(=O)C12CCN(Cc1ccc(Oc3ccc(C(=O)N4CCCC4)cc3)cc1)CC2. The molecule has 9 nitrogen and oxygen atoms in total. The van der Waals surface area contributed by atoms with Crippen LogP contribution >= 0.6 is 0 Å². The van der Waals surface area contributed by atoms with Gasteiger partial charge in [-0.3, -0.25) is 19.3 Å². The summed E-state index contributed by atoms with van der Waals surface area (Å²) in [4.78, 5) is 46.4. The Kier molecular flexibility index (Phi) is 10.3. The van der Waals surface area contributed by atoms with E-state index in [2.05, 4.69) is 29.3 Å². The van der Waals surface area contributed by atoms with Crippen molar-refractivity contribution in [1.29, 1.82) is 0 Å². The Morgan fingerprint density at radius 3 is 2.17 bits per heavy atom. The van der Waals surface area contributed by atoms with Gasteiger partial charge in [-0.25, -0.2) is 0 Å². The topological polar surface area (TPSA) is 102 Å². The maximum absolute atomic E-state index is 13.9. The van der Waals surface area contributed by atoms with Crippen LogP contribution in [0, 0.1) is 5.92 Å². The van der Waals surface area contributed by atoms with Crippen LogP contribution in [0.4, 0.5) is 0 Å². The third kappa shape index (κ3) is 6.95. The van der Waals surface area contributed by atoms with Gasteiger partial charge in [0.2, 0.25) is 11.8 Å². The van der Waals surface area contributed by atoms with Crippen molar-refractivity contribution < 1.29 is 24.2 Å². The number of nitrogens with one attached hydrogen (secondary N) is 1. The molecule has 2 atom stereocenters. The van der Waals surface area contributed by atoms with Crippen LogP contribution in [0.3, 0.4) is 0 Å². The minimum atomic E-state index is -0.849. The number of hydrogen-bond acceptors (Lipinski definition) is 6. The number of rotatable bonds is 10. The molecule has 9 heteroatoms. The highest BCUT2D eigenvalue weighted by atomic mass is 16.5. The Morgan fingerprint density at radius 1 is 0.913 bits per heavy atom. The van der Waals surface area contributed by atoms with E-state index >= 15 is 0 Å². The van der Waals surface area contributed by atoms with Crippen LogP contribution in [0.15, 0.2) is 48.5 Å². The lowest BCUT2D eigenvalue weighted by atomic mass is 9.78. The fourth-order valence-corrected chi connectivity index (χ4v) is 7.86. The first kappa shape index (κ1) is 32.5. The summed E-state index contributed by atoms with van der Waals surface area (Å²) >= 11 is 0. The molecule has 0 radical (unpaired) electrons. The number of ether oxygens (including phenoxy) is 1. The molecule has 6 rings (SSSR count). The maximum atomic E-state index is 13.9. The lowest BCUT2D eigenvalue weighted by Crippen LogP contribution is -2.75. The number of nitrogens with zero attached hydrogens (tertiary/aromatic N) is 3. The van der Waals surface area contributed by atoms with Crippen LogP contribution in [-0.2, 0) is 16.1 Å². The molecule has 248 valence electrons. The van der Waals surface area contributed by atoms with Gasteiger partial charge >= 0.3 is 0 Å². The number of piperazine rings is 1. The third-order valence-corrected chi connectivity index (χ3v) is 10.7. The molecular weight excluding hydrogens is 580 g/mol. The first-order valence-electron chi connectivity index (χ1n) is 17.6. The van der Waals surface area contributed by atoms with Gasteiger partial charge in [-0.15, -0.1) is 0 Å². The summed E-state index contributed by atoms with van der Waals surface area (Å²) in [6, 6.07) is 14.5. The van der Waals surface area contributed by atoms with Crippen molar-refractivity contribution in [3.05, 3.63) is 59.7 Å². The van der Waals surface area contributed by atoms with E-state index in [1.165, 1.54) is 6.42 Å². The molecule has 46 heavy (non-hydrogen) atoms. The predicted octanol–water partition coefficient (Wildman–Crippen LogP) is 5.12. The smallest absolute Gasteiger partial charge is 0.253 e. The molecule has 4 aliphatic rings. The number of likely N-dealkylation sites (tertiary alicyclic amines) is 2. The van der Waals surface area contributed by atoms with E-state index in [0.717, 1.165) is 82.3 Å². The minimum absolute atomic E-state index is 0.0690. The molecule has 3 heterocycles. The van der Waals surface area contributed by atoms with Crippen molar-refractivity contribution in [2.45, 2.75) is 102 Å². The Morgan fingerprint density at radius 2 is 1.54 bits per heavy atom. The molecule has 2 unspecified atom stereocenters. The number of aliphatic hydroxyl groups is 1. The normalized spacial score (nSPS) is 23.0. The summed E-state index contributed by atoms with van der Waals surface area (Å²) in [5.41, 5.74) is 0.989. The molecule has 2 aromatic rings. The average molecular weight is 631 g/mol. The summed E-state index contributed by atoms with van der Waals surface area (Å²) in [6.45, 7) is 6.48. The minimum Gasteiger partial charge on any atom is -0.457 e. The molecule has 3 saturated heterocycles. The quantitative estimate of drug-likeness (QED) is 0.378. The molecule has 1 saturated carbocycles. The fourth-order valence-electron chi connectivity index (χ4n) is 7.86. The predicted molar refractivity (Wildman–Crippen MR) is 176 cm³/mol. The highest BCUT2D eigenvalue weighted by molar-refractivity contribution is 6.00. The van der Waals surface area contributed by atoms with E-state index in [4.69, 9.17) is 4.74 Å². The highest BCUT2D eigenvalue weighted by Crippen LogP contribution is 2.36. The van der Waals surface area contributed by atoms with Crippen LogP contribution < -0.4 is 10.1 Å². The summed E-state index contributed by atoms with van der Waals surface area (Å²) in [7, 11) is 0. The van der Waals surface area contributed by atoms with E-state index in [1.54, 1.807) is 0 Å². The Labute approximate surface area is 273 Å². The summed E-state index contributed by atoms with van der Waals surface area (Å²) in [6.07, 6.45) is 9.40. The molecular formula is C37H50N4O5. The first-order chi connectivity index (χ1) is 22.4. The second kappa shape index (κ2) is 14.6. The van der Waals surface area contributed by atoms with E-state index in [1.807, 2.05) is 46.2 Å².